The quantitative estimate of drug-likeness (QED) is 0.780. The van der Waals surface area contributed by atoms with Gasteiger partial charge in [-0.05, 0) is 30.0 Å². The monoisotopic (exact) mass is 200 g/mol. The zero-order chi connectivity index (χ0) is 10.5. The molecule has 2 nitrogen and oxygen atoms in total. The summed E-state index contributed by atoms with van der Waals surface area (Å²) in [6.07, 6.45) is 5.81. The zero-order valence-electron chi connectivity index (χ0n) is 8.69. The summed E-state index contributed by atoms with van der Waals surface area (Å²) in [5.74, 6) is 0. The van der Waals surface area contributed by atoms with Gasteiger partial charge in [-0.15, -0.1) is 0 Å². The Labute approximate surface area is 90.1 Å². The van der Waals surface area contributed by atoms with Crippen molar-refractivity contribution in [1.82, 2.24) is 4.98 Å². The molecule has 1 atom stereocenters. The maximum Gasteiger partial charge on any atom is 0.0120 e. The topological polar surface area (TPSA) is 41.8 Å². The highest BCUT2D eigenvalue weighted by Crippen LogP contribution is 2.06. The van der Waals surface area contributed by atoms with E-state index in [2.05, 4.69) is 35.3 Å². The van der Waals surface area contributed by atoms with Crippen LogP contribution in [0.1, 0.15) is 11.1 Å². The first kappa shape index (κ1) is 9.99. The van der Waals surface area contributed by atoms with Crippen molar-refractivity contribution in [1.29, 1.82) is 0 Å². The molecule has 1 unspecified atom stereocenters. The lowest BCUT2D eigenvalue weighted by Gasteiger charge is -2.10. The van der Waals surface area contributed by atoms with E-state index in [1.54, 1.807) is 0 Å². The van der Waals surface area contributed by atoms with Gasteiger partial charge in [-0.2, -0.15) is 0 Å². The van der Waals surface area contributed by atoms with Crippen LogP contribution in [0, 0.1) is 0 Å². The lowest BCUT2D eigenvalue weighted by Crippen LogP contribution is -2.25. The molecule has 0 spiro atoms. The van der Waals surface area contributed by atoms with E-state index in [1.807, 2.05) is 18.5 Å². The Bertz CT molecular complexity index is 378. The van der Waals surface area contributed by atoms with Crippen molar-refractivity contribution in [2.75, 3.05) is 0 Å². The zero-order valence-corrected chi connectivity index (χ0v) is 8.69. The van der Waals surface area contributed by atoms with Crippen molar-refractivity contribution in [3.05, 3.63) is 59.9 Å². The number of nitrogens with two attached hydrogens (primary N) is 1. The van der Waals surface area contributed by atoms with Gasteiger partial charge in [0.15, 0.2) is 0 Å². The summed E-state index contributed by atoms with van der Waals surface area (Å²) in [6.45, 7) is 0. The van der Waals surface area contributed by atoms with E-state index in [4.69, 9.17) is 5.73 Å². The average Bonchev–Trinajstić information content (AvgIpc) is 2.71. The largest absolute Gasteiger partial charge is 0.367 e. The molecule has 0 fully saturated rings. The maximum atomic E-state index is 6.08. The van der Waals surface area contributed by atoms with Crippen LogP contribution in [0.5, 0.6) is 0 Å². The van der Waals surface area contributed by atoms with Crippen molar-refractivity contribution < 1.29 is 0 Å². The number of aromatic nitrogens is 1. The van der Waals surface area contributed by atoms with Crippen LogP contribution >= 0.6 is 0 Å². The summed E-state index contributed by atoms with van der Waals surface area (Å²) in [6, 6.07) is 12.7. The Morgan fingerprint density at radius 2 is 1.73 bits per heavy atom. The molecule has 3 N–H and O–H groups in total. The summed E-state index contributed by atoms with van der Waals surface area (Å²) in [5, 5.41) is 0. The van der Waals surface area contributed by atoms with Gasteiger partial charge in [0.05, 0.1) is 0 Å². The predicted molar refractivity (Wildman–Crippen MR) is 62.6 cm³/mol. The van der Waals surface area contributed by atoms with Gasteiger partial charge in [-0.25, -0.2) is 0 Å². The second-order valence-electron chi connectivity index (χ2n) is 3.87. The van der Waals surface area contributed by atoms with E-state index >= 15 is 0 Å². The molecule has 2 heteroatoms. The van der Waals surface area contributed by atoms with Gasteiger partial charge < -0.3 is 10.7 Å². The molecule has 0 bridgehead atoms. The fourth-order valence-electron chi connectivity index (χ4n) is 1.78. The first-order valence-electron chi connectivity index (χ1n) is 5.26. The molecule has 0 aliphatic heterocycles. The highest BCUT2D eigenvalue weighted by atomic mass is 14.7. The number of H-pyrrole nitrogens is 1. The molecule has 0 radical (unpaired) electrons. The summed E-state index contributed by atoms with van der Waals surface area (Å²) >= 11 is 0. The Balaban J connectivity index is 1.90. The summed E-state index contributed by atoms with van der Waals surface area (Å²) in [5.41, 5.74) is 8.67. The third kappa shape index (κ3) is 2.96. The van der Waals surface area contributed by atoms with Crippen LogP contribution in [0.3, 0.4) is 0 Å². The maximum absolute atomic E-state index is 6.08. The van der Waals surface area contributed by atoms with Gasteiger partial charge in [-0.1, -0.05) is 30.3 Å². The minimum atomic E-state index is 0.197. The van der Waals surface area contributed by atoms with Crippen molar-refractivity contribution in [2.45, 2.75) is 18.9 Å². The van der Waals surface area contributed by atoms with E-state index in [1.165, 1.54) is 11.1 Å². The number of aromatic amines is 1. The molecule has 1 aromatic carbocycles. The van der Waals surface area contributed by atoms with Gasteiger partial charge in [-0.3, -0.25) is 0 Å². The molecule has 1 aromatic heterocycles. The van der Waals surface area contributed by atoms with Crippen LogP contribution in [-0.4, -0.2) is 11.0 Å². The number of hydrogen-bond acceptors (Lipinski definition) is 1. The van der Waals surface area contributed by atoms with E-state index < -0.39 is 0 Å². The van der Waals surface area contributed by atoms with Crippen molar-refractivity contribution in [3.8, 4) is 0 Å². The number of hydrogen-bond donors (Lipinski definition) is 2. The summed E-state index contributed by atoms with van der Waals surface area (Å²) in [4.78, 5) is 3.04. The lowest BCUT2D eigenvalue weighted by molar-refractivity contribution is 0.665. The lowest BCUT2D eigenvalue weighted by atomic mass is 10.0. The van der Waals surface area contributed by atoms with Gasteiger partial charge in [0, 0.05) is 18.4 Å². The third-order valence-electron chi connectivity index (χ3n) is 2.50. The number of benzene rings is 1. The second-order valence-corrected chi connectivity index (χ2v) is 3.87. The highest BCUT2D eigenvalue weighted by molar-refractivity contribution is 5.17. The Morgan fingerprint density at radius 3 is 2.40 bits per heavy atom. The standard InChI is InChI=1S/C13H16N2/c14-13(9-12-6-7-15-10-12)8-11-4-2-1-3-5-11/h1-7,10,13,15H,8-9,14H2. The molecule has 15 heavy (non-hydrogen) atoms. The van der Waals surface area contributed by atoms with Crippen molar-refractivity contribution in [2.24, 2.45) is 5.73 Å². The minimum absolute atomic E-state index is 0.197. The Kier molecular flexibility index (Phi) is 3.20. The Morgan fingerprint density at radius 1 is 1.00 bits per heavy atom. The van der Waals surface area contributed by atoms with E-state index in [-0.39, 0.29) is 6.04 Å². The molecule has 0 aliphatic carbocycles. The fourth-order valence-corrected chi connectivity index (χ4v) is 1.78. The molecule has 0 saturated carbocycles. The van der Waals surface area contributed by atoms with E-state index in [0.717, 1.165) is 12.8 Å². The predicted octanol–water partition coefficient (Wildman–Crippen LogP) is 2.13. The summed E-state index contributed by atoms with van der Waals surface area (Å²) in [7, 11) is 0. The first-order valence-corrected chi connectivity index (χ1v) is 5.26. The van der Waals surface area contributed by atoms with Crippen LogP contribution in [0.2, 0.25) is 0 Å². The second kappa shape index (κ2) is 4.80. The van der Waals surface area contributed by atoms with E-state index in [9.17, 15) is 0 Å². The molecular weight excluding hydrogens is 184 g/mol. The third-order valence-corrected chi connectivity index (χ3v) is 2.50. The average molecular weight is 200 g/mol. The van der Waals surface area contributed by atoms with Crippen LogP contribution in [0.25, 0.3) is 0 Å². The van der Waals surface area contributed by atoms with Gasteiger partial charge in [0.1, 0.15) is 0 Å². The molecule has 2 rings (SSSR count). The normalized spacial score (nSPS) is 12.6. The van der Waals surface area contributed by atoms with E-state index in [0.29, 0.717) is 0 Å². The van der Waals surface area contributed by atoms with Crippen molar-refractivity contribution >= 4 is 0 Å². The molecule has 78 valence electrons. The van der Waals surface area contributed by atoms with Crippen LogP contribution in [0.4, 0.5) is 0 Å². The first-order chi connectivity index (χ1) is 7.34. The number of rotatable bonds is 4. The molecule has 0 amide bonds. The SMILES string of the molecule is NC(Cc1ccccc1)Cc1cc[nH]c1. The Hall–Kier alpha value is -1.54. The fraction of sp³-hybridized carbons (Fsp3) is 0.231. The van der Waals surface area contributed by atoms with Crippen LogP contribution in [0.15, 0.2) is 48.8 Å². The summed E-state index contributed by atoms with van der Waals surface area (Å²) < 4.78 is 0. The van der Waals surface area contributed by atoms with Gasteiger partial charge in [0.25, 0.3) is 0 Å². The minimum Gasteiger partial charge on any atom is -0.367 e. The van der Waals surface area contributed by atoms with Crippen LogP contribution in [-0.2, 0) is 12.8 Å². The highest BCUT2D eigenvalue weighted by Gasteiger charge is 2.05. The number of nitrogens with one attached hydrogen (secondary N) is 1. The molecule has 0 saturated heterocycles. The van der Waals surface area contributed by atoms with Crippen molar-refractivity contribution in [3.63, 3.8) is 0 Å². The molecule has 1 heterocycles. The van der Waals surface area contributed by atoms with Gasteiger partial charge in [0.2, 0.25) is 0 Å². The smallest absolute Gasteiger partial charge is 0.0120 e. The molecule has 0 aliphatic rings. The molecule has 2 aromatic rings. The molecular formula is C13H16N2. The van der Waals surface area contributed by atoms with Crippen LogP contribution < -0.4 is 5.73 Å². The van der Waals surface area contributed by atoms with Gasteiger partial charge >= 0.3 is 0 Å².